The third kappa shape index (κ3) is 2.28. The Morgan fingerprint density at radius 1 is 1.44 bits per heavy atom. The van der Waals surface area contributed by atoms with E-state index < -0.39 is 0 Å². The van der Waals surface area contributed by atoms with Gasteiger partial charge in [-0.05, 0) is 42.2 Å². The molecule has 0 saturated heterocycles. The molecule has 88 valence electrons. The van der Waals surface area contributed by atoms with Gasteiger partial charge in [0, 0.05) is 6.04 Å². The highest BCUT2D eigenvalue weighted by Gasteiger charge is 2.49. The molecule has 2 unspecified atom stereocenters. The maximum absolute atomic E-state index is 5.68. The maximum atomic E-state index is 5.68. The molecule has 1 aromatic carbocycles. The minimum atomic E-state index is 0.413. The van der Waals surface area contributed by atoms with Crippen molar-refractivity contribution in [2.75, 3.05) is 0 Å². The summed E-state index contributed by atoms with van der Waals surface area (Å²) in [6, 6.07) is 8.98. The Kier molecular flexibility index (Phi) is 3.04. The molecule has 1 aliphatic rings. The second kappa shape index (κ2) is 4.19. The number of rotatable bonds is 4. The first-order valence-corrected chi connectivity index (χ1v) is 6.05. The highest BCUT2D eigenvalue weighted by atomic mass is 15.2. The van der Waals surface area contributed by atoms with Crippen LogP contribution < -0.4 is 11.3 Å². The van der Waals surface area contributed by atoms with E-state index in [9.17, 15) is 0 Å². The fourth-order valence-corrected chi connectivity index (χ4v) is 2.59. The van der Waals surface area contributed by atoms with Crippen molar-refractivity contribution in [3.63, 3.8) is 0 Å². The van der Waals surface area contributed by atoms with Gasteiger partial charge in [0.2, 0.25) is 0 Å². The van der Waals surface area contributed by atoms with Gasteiger partial charge in [-0.15, -0.1) is 0 Å². The Hall–Kier alpha value is -0.860. The summed E-state index contributed by atoms with van der Waals surface area (Å²) < 4.78 is 0. The first-order valence-electron chi connectivity index (χ1n) is 6.05. The maximum Gasteiger partial charge on any atom is 0.0284 e. The lowest BCUT2D eigenvalue weighted by molar-refractivity contribution is 0.408. The molecule has 1 fully saturated rings. The molecule has 2 nitrogen and oxygen atoms in total. The van der Waals surface area contributed by atoms with Gasteiger partial charge in [0.25, 0.3) is 0 Å². The van der Waals surface area contributed by atoms with Crippen LogP contribution in [0.25, 0.3) is 0 Å². The van der Waals surface area contributed by atoms with E-state index in [1.807, 2.05) is 0 Å². The van der Waals surface area contributed by atoms with E-state index in [1.54, 1.807) is 0 Å². The summed E-state index contributed by atoms with van der Waals surface area (Å²) in [6.07, 6.45) is 2.32. The predicted octanol–water partition coefficient (Wildman–Crippen LogP) is 2.42. The SMILES string of the molecule is Cc1ccccc1CC(NN)C1CC1(C)C. The fraction of sp³-hybridized carbons (Fsp3) is 0.571. The lowest BCUT2D eigenvalue weighted by Crippen LogP contribution is -2.39. The average Bonchev–Trinajstić information content (AvgIpc) is 2.86. The first kappa shape index (κ1) is 11.6. The normalized spacial score (nSPS) is 24.1. The highest BCUT2D eigenvalue weighted by Crippen LogP contribution is 2.53. The van der Waals surface area contributed by atoms with Crippen LogP contribution in [0.1, 0.15) is 31.4 Å². The third-order valence-electron chi connectivity index (χ3n) is 3.99. The molecular formula is C14H22N2. The lowest BCUT2D eigenvalue weighted by atomic mass is 9.95. The Morgan fingerprint density at radius 2 is 2.06 bits per heavy atom. The van der Waals surface area contributed by atoms with Gasteiger partial charge in [0.1, 0.15) is 0 Å². The van der Waals surface area contributed by atoms with E-state index >= 15 is 0 Å². The van der Waals surface area contributed by atoms with Crippen molar-refractivity contribution in [3.8, 4) is 0 Å². The molecule has 2 rings (SSSR count). The van der Waals surface area contributed by atoms with E-state index in [0.717, 1.165) is 12.3 Å². The Labute approximate surface area is 98.2 Å². The molecule has 1 saturated carbocycles. The van der Waals surface area contributed by atoms with Crippen molar-refractivity contribution >= 4 is 0 Å². The molecule has 0 radical (unpaired) electrons. The van der Waals surface area contributed by atoms with E-state index in [-0.39, 0.29) is 0 Å². The Balaban J connectivity index is 2.06. The van der Waals surface area contributed by atoms with Crippen LogP contribution in [0.5, 0.6) is 0 Å². The minimum absolute atomic E-state index is 0.413. The van der Waals surface area contributed by atoms with Gasteiger partial charge < -0.3 is 0 Å². The zero-order valence-electron chi connectivity index (χ0n) is 10.5. The lowest BCUT2D eigenvalue weighted by Gasteiger charge is -2.18. The molecule has 2 heteroatoms. The Morgan fingerprint density at radius 3 is 2.56 bits per heavy atom. The summed E-state index contributed by atoms with van der Waals surface area (Å²) in [5.41, 5.74) is 6.24. The van der Waals surface area contributed by atoms with Crippen molar-refractivity contribution in [3.05, 3.63) is 35.4 Å². The van der Waals surface area contributed by atoms with Crippen LogP contribution in [0, 0.1) is 18.3 Å². The molecule has 1 aromatic rings. The fourth-order valence-electron chi connectivity index (χ4n) is 2.59. The predicted molar refractivity (Wildman–Crippen MR) is 67.9 cm³/mol. The summed E-state index contributed by atoms with van der Waals surface area (Å²) in [5.74, 6) is 6.40. The summed E-state index contributed by atoms with van der Waals surface area (Å²) >= 11 is 0. The van der Waals surface area contributed by atoms with Gasteiger partial charge in [0.15, 0.2) is 0 Å². The van der Waals surface area contributed by atoms with Crippen molar-refractivity contribution in [1.82, 2.24) is 5.43 Å². The number of hydrogen-bond donors (Lipinski definition) is 2. The standard InChI is InChI=1S/C14H22N2/c1-10-6-4-5-7-11(10)8-13(16-15)12-9-14(12,2)3/h4-7,12-13,16H,8-9,15H2,1-3H3. The molecule has 0 aliphatic heterocycles. The van der Waals surface area contributed by atoms with E-state index in [1.165, 1.54) is 17.5 Å². The number of nitrogens with one attached hydrogen (secondary N) is 1. The molecule has 0 amide bonds. The zero-order chi connectivity index (χ0) is 11.8. The highest BCUT2D eigenvalue weighted by molar-refractivity contribution is 5.27. The number of hydrogen-bond acceptors (Lipinski definition) is 2. The van der Waals surface area contributed by atoms with Gasteiger partial charge in [-0.25, -0.2) is 0 Å². The molecule has 16 heavy (non-hydrogen) atoms. The largest absolute Gasteiger partial charge is 0.271 e. The molecule has 2 atom stereocenters. The van der Waals surface area contributed by atoms with Crippen molar-refractivity contribution in [2.45, 2.75) is 39.7 Å². The second-order valence-corrected chi connectivity index (χ2v) is 5.70. The monoisotopic (exact) mass is 218 g/mol. The van der Waals surface area contributed by atoms with Crippen molar-refractivity contribution in [1.29, 1.82) is 0 Å². The molecule has 0 aromatic heterocycles. The van der Waals surface area contributed by atoms with Crippen LogP contribution in [0.2, 0.25) is 0 Å². The minimum Gasteiger partial charge on any atom is -0.271 e. The van der Waals surface area contributed by atoms with Gasteiger partial charge in [-0.1, -0.05) is 38.1 Å². The number of aryl methyl sites for hydroxylation is 1. The molecule has 1 aliphatic carbocycles. The van der Waals surface area contributed by atoms with E-state index in [2.05, 4.69) is 50.5 Å². The topological polar surface area (TPSA) is 38.0 Å². The quantitative estimate of drug-likeness (QED) is 0.601. The smallest absolute Gasteiger partial charge is 0.0284 e. The number of benzene rings is 1. The number of hydrazine groups is 1. The zero-order valence-corrected chi connectivity index (χ0v) is 10.5. The van der Waals surface area contributed by atoms with E-state index in [0.29, 0.717) is 11.5 Å². The first-order chi connectivity index (χ1) is 7.54. The van der Waals surface area contributed by atoms with Crippen LogP contribution in [0.15, 0.2) is 24.3 Å². The van der Waals surface area contributed by atoms with Gasteiger partial charge >= 0.3 is 0 Å². The average molecular weight is 218 g/mol. The van der Waals surface area contributed by atoms with Crippen LogP contribution >= 0.6 is 0 Å². The molecular weight excluding hydrogens is 196 g/mol. The second-order valence-electron chi connectivity index (χ2n) is 5.70. The summed E-state index contributed by atoms with van der Waals surface area (Å²) in [7, 11) is 0. The third-order valence-corrected chi connectivity index (χ3v) is 3.99. The summed E-state index contributed by atoms with van der Waals surface area (Å²) in [4.78, 5) is 0. The van der Waals surface area contributed by atoms with Crippen LogP contribution in [-0.2, 0) is 6.42 Å². The summed E-state index contributed by atoms with van der Waals surface area (Å²) in [6.45, 7) is 6.81. The van der Waals surface area contributed by atoms with Gasteiger partial charge in [-0.2, -0.15) is 0 Å². The van der Waals surface area contributed by atoms with Crippen molar-refractivity contribution < 1.29 is 0 Å². The molecule has 3 N–H and O–H groups in total. The number of nitrogens with two attached hydrogens (primary N) is 1. The molecule has 0 heterocycles. The van der Waals surface area contributed by atoms with Gasteiger partial charge in [-0.3, -0.25) is 11.3 Å². The molecule has 0 spiro atoms. The summed E-state index contributed by atoms with van der Waals surface area (Å²) in [5, 5.41) is 0. The van der Waals surface area contributed by atoms with Crippen molar-refractivity contribution in [2.24, 2.45) is 17.2 Å². The molecule has 0 bridgehead atoms. The van der Waals surface area contributed by atoms with Crippen LogP contribution in [0.3, 0.4) is 0 Å². The van der Waals surface area contributed by atoms with Crippen LogP contribution in [-0.4, -0.2) is 6.04 Å². The van der Waals surface area contributed by atoms with E-state index in [4.69, 9.17) is 5.84 Å². The van der Waals surface area contributed by atoms with Gasteiger partial charge in [0.05, 0.1) is 0 Å². The van der Waals surface area contributed by atoms with Crippen LogP contribution in [0.4, 0.5) is 0 Å². The Bertz CT molecular complexity index is 371.